The molecule has 0 radical (unpaired) electrons. The lowest BCUT2D eigenvalue weighted by Gasteiger charge is -2.20. The van der Waals surface area contributed by atoms with E-state index in [4.69, 9.17) is 5.73 Å². The minimum absolute atomic E-state index is 0.180. The highest BCUT2D eigenvalue weighted by Gasteiger charge is 2.09. The summed E-state index contributed by atoms with van der Waals surface area (Å²) < 4.78 is 1.13. The fourth-order valence-electron chi connectivity index (χ4n) is 1.08. The molecular weight excluding hydrogens is 240 g/mol. The van der Waals surface area contributed by atoms with Gasteiger partial charge in [0.2, 0.25) is 0 Å². The Hall–Kier alpha value is -0.540. The first-order chi connectivity index (χ1) is 6.38. The smallest absolute Gasteiger partial charge is 0.0344 e. The molecule has 0 fully saturated rings. The first kappa shape index (κ1) is 11.5. The van der Waals surface area contributed by atoms with Crippen molar-refractivity contribution in [3.05, 3.63) is 28.2 Å². The molecule has 3 N–H and O–H groups in total. The molecule has 0 saturated carbocycles. The molecule has 2 nitrogen and oxygen atoms in total. The van der Waals surface area contributed by atoms with E-state index in [2.05, 4.69) is 34.2 Å². The monoisotopic (exact) mass is 256 g/mol. The highest BCUT2D eigenvalue weighted by Crippen LogP contribution is 2.20. The van der Waals surface area contributed by atoms with Gasteiger partial charge in [0.1, 0.15) is 0 Å². The Morgan fingerprint density at radius 3 is 2.57 bits per heavy atom. The molecule has 0 unspecified atom stereocenters. The van der Waals surface area contributed by atoms with E-state index in [1.165, 1.54) is 5.56 Å². The Morgan fingerprint density at radius 1 is 1.43 bits per heavy atom. The molecule has 0 bridgehead atoms. The summed E-state index contributed by atoms with van der Waals surface area (Å²) in [4.78, 5) is 0. The zero-order chi connectivity index (χ0) is 10.8. The fraction of sp³-hybridized carbons (Fsp3) is 0.455. The molecule has 1 rings (SSSR count). The quantitative estimate of drug-likeness (QED) is 0.873. The highest BCUT2D eigenvalue weighted by atomic mass is 79.9. The van der Waals surface area contributed by atoms with Gasteiger partial charge in [-0.2, -0.15) is 0 Å². The molecule has 0 aliphatic carbocycles. The number of nitrogens with one attached hydrogen (secondary N) is 1. The topological polar surface area (TPSA) is 38.0 Å². The summed E-state index contributed by atoms with van der Waals surface area (Å²) >= 11 is 3.47. The minimum Gasteiger partial charge on any atom is -0.383 e. The van der Waals surface area contributed by atoms with Gasteiger partial charge in [0.15, 0.2) is 0 Å². The summed E-state index contributed by atoms with van der Waals surface area (Å²) in [6.45, 7) is 6.86. The van der Waals surface area contributed by atoms with Gasteiger partial charge in [-0.1, -0.05) is 15.9 Å². The molecule has 0 spiro atoms. The summed E-state index contributed by atoms with van der Waals surface area (Å²) in [5.74, 6) is 0. The van der Waals surface area contributed by atoms with Crippen molar-refractivity contribution in [3.8, 4) is 0 Å². The molecule has 1 aromatic carbocycles. The number of benzene rings is 1. The van der Waals surface area contributed by atoms with Gasteiger partial charge in [0.05, 0.1) is 0 Å². The summed E-state index contributed by atoms with van der Waals surface area (Å²) in [5, 5.41) is 3.31. The molecular formula is C11H17BrN2. The van der Waals surface area contributed by atoms with Gasteiger partial charge in [-0.15, -0.1) is 0 Å². The maximum atomic E-state index is 5.88. The molecule has 0 atom stereocenters. The third kappa shape index (κ3) is 3.68. The van der Waals surface area contributed by atoms with Crippen molar-refractivity contribution < 1.29 is 0 Å². The normalized spacial score (nSPS) is 11.5. The van der Waals surface area contributed by atoms with Crippen molar-refractivity contribution in [2.75, 3.05) is 11.9 Å². The fourth-order valence-corrected chi connectivity index (χ4v) is 1.33. The van der Waals surface area contributed by atoms with Gasteiger partial charge in [-0.05, 0) is 44.5 Å². The third-order valence-electron chi connectivity index (χ3n) is 1.91. The van der Waals surface area contributed by atoms with Crippen molar-refractivity contribution >= 4 is 21.6 Å². The second kappa shape index (κ2) is 4.32. The van der Waals surface area contributed by atoms with Crippen molar-refractivity contribution in [2.24, 2.45) is 5.73 Å². The van der Waals surface area contributed by atoms with Crippen LogP contribution < -0.4 is 11.1 Å². The van der Waals surface area contributed by atoms with Crippen LogP contribution in [0.2, 0.25) is 0 Å². The van der Waals surface area contributed by atoms with Gasteiger partial charge in [0, 0.05) is 22.2 Å². The van der Waals surface area contributed by atoms with Gasteiger partial charge >= 0.3 is 0 Å². The van der Waals surface area contributed by atoms with E-state index in [1.807, 2.05) is 26.0 Å². The zero-order valence-corrected chi connectivity index (χ0v) is 10.5. The van der Waals surface area contributed by atoms with Gasteiger partial charge in [0.25, 0.3) is 0 Å². The van der Waals surface area contributed by atoms with E-state index in [0.717, 1.165) is 16.7 Å². The average Bonchev–Trinajstić information content (AvgIpc) is 2.06. The summed E-state index contributed by atoms with van der Waals surface area (Å²) in [6, 6.07) is 6.19. The van der Waals surface area contributed by atoms with Crippen LogP contribution in [0.5, 0.6) is 0 Å². The van der Waals surface area contributed by atoms with Crippen LogP contribution in [0, 0.1) is 6.92 Å². The number of rotatable bonds is 3. The Bertz CT molecular complexity index is 316. The van der Waals surface area contributed by atoms with Crippen molar-refractivity contribution in [1.29, 1.82) is 0 Å². The van der Waals surface area contributed by atoms with Gasteiger partial charge in [-0.25, -0.2) is 0 Å². The Morgan fingerprint density at radius 2 is 2.07 bits per heavy atom. The standard InChI is InChI=1S/C11H17BrN2/c1-8-6-9(4-5-10(8)12)14-7-11(2,3)13/h4-6,14H,7,13H2,1-3H3. The molecule has 0 heterocycles. The SMILES string of the molecule is Cc1cc(NCC(C)(C)N)ccc1Br. The first-order valence-corrected chi connectivity index (χ1v) is 5.47. The van der Waals surface area contributed by atoms with Crippen LogP contribution in [0.4, 0.5) is 5.69 Å². The maximum absolute atomic E-state index is 5.88. The molecule has 0 aliphatic heterocycles. The minimum atomic E-state index is -0.180. The third-order valence-corrected chi connectivity index (χ3v) is 2.80. The van der Waals surface area contributed by atoms with E-state index in [-0.39, 0.29) is 5.54 Å². The molecule has 78 valence electrons. The Labute approximate surface area is 94.0 Å². The second-order valence-electron chi connectivity index (χ2n) is 4.31. The number of hydrogen-bond acceptors (Lipinski definition) is 2. The van der Waals surface area contributed by atoms with Crippen LogP contribution in [0.15, 0.2) is 22.7 Å². The summed E-state index contributed by atoms with van der Waals surface area (Å²) in [6.07, 6.45) is 0. The lowest BCUT2D eigenvalue weighted by Crippen LogP contribution is -2.39. The van der Waals surface area contributed by atoms with Crippen LogP contribution in [0.25, 0.3) is 0 Å². The number of hydrogen-bond donors (Lipinski definition) is 2. The van der Waals surface area contributed by atoms with E-state index in [0.29, 0.717) is 0 Å². The maximum Gasteiger partial charge on any atom is 0.0344 e. The van der Waals surface area contributed by atoms with Crippen LogP contribution in [0.1, 0.15) is 19.4 Å². The molecule has 0 saturated heterocycles. The summed E-state index contributed by atoms with van der Waals surface area (Å²) in [5.41, 5.74) is 8.04. The Kier molecular flexibility index (Phi) is 3.56. The van der Waals surface area contributed by atoms with Crippen molar-refractivity contribution in [1.82, 2.24) is 0 Å². The lowest BCUT2D eigenvalue weighted by molar-refractivity contribution is 0.549. The lowest BCUT2D eigenvalue weighted by atomic mass is 10.1. The van der Waals surface area contributed by atoms with Gasteiger partial charge < -0.3 is 11.1 Å². The molecule has 14 heavy (non-hydrogen) atoms. The van der Waals surface area contributed by atoms with Crippen LogP contribution in [-0.4, -0.2) is 12.1 Å². The number of nitrogens with two attached hydrogens (primary N) is 1. The molecule has 0 amide bonds. The van der Waals surface area contributed by atoms with Crippen LogP contribution in [-0.2, 0) is 0 Å². The molecule has 3 heteroatoms. The predicted molar refractivity (Wildman–Crippen MR) is 65.6 cm³/mol. The second-order valence-corrected chi connectivity index (χ2v) is 5.16. The van der Waals surface area contributed by atoms with E-state index < -0.39 is 0 Å². The number of anilines is 1. The van der Waals surface area contributed by atoms with Gasteiger partial charge in [-0.3, -0.25) is 0 Å². The van der Waals surface area contributed by atoms with Crippen LogP contribution >= 0.6 is 15.9 Å². The predicted octanol–water partition coefficient (Wildman–Crippen LogP) is 2.91. The summed E-state index contributed by atoms with van der Waals surface area (Å²) in [7, 11) is 0. The van der Waals surface area contributed by atoms with Crippen molar-refractivity contribution in [2.45, 2.75) is 26.3 Å². The Balaban J connectivity index is 2.65. The largest absolute Gasteiger partial charge is 0.383 e. The van der Waals surface area contributed by atoms with E-state index in [9.17, 15) is 0 Å². The number of aryl methyl sites for hydroxylation is 1. The average molecular weight is 257 g/mol. The van der Waals surface area contributed by atoms with Crippen molar-refractivity contribution in [3.63, 3.8) is 0 Å². The molecule has 0 aromatic heterocycles. The molecule has 0 aliphatic rings. The first-order valence-electron chi connectivity index (χ1n) is 4.67. The van der Waals surface area contributed by atoms with E-state index >= 15 is 0 Å². The van der Waals surface area contributed by atoms with E-state index in [1.54, 1.807) is 0 Å². The highest BCUT2D eigenvalue weighted by molar-refractivity contribution is 9.10. The molecule has 1 aromatic rings. The zero-order valence-electron chi connectivity index (χ0n) is 8.89. The van der Waals surface area contributed by atoms with Crippen LogP contribution in [0.3, 0.4) is 0 Å². The number of halogens is 1.